The van der Waals surface area contributed by atoms with Gasteiger partial charge in [0, 0.05) is 30.7 Å². The molecule has 2 amide bonds. The minimum absolute atomic E-state index is 0.0483. The van der Waals surface area contributed by atoms with E-state index in [9.17, 15) is 18.0 Å². The number of carbonyl (C=O) groups is 2. The van der Waals surface area contributed by atoms with Crippen LogP contribution in [0.2, 0.25) is 0 Å². The van der Waals surface area contributed by atoms with Crippen molar-refractivity contribution in [3.63, 3.8) is 0 Å². The monoisotopic (exact) mass is 349 g/mol. The van der Waals surface area contributed by atoms with Crippen LogP contribution in [0.3, 0.4) is 0 Å². The number of likely N-dealkylation sites (tertiary alicyclic amines) is 1. The third-order valence-electron chi connectivity index (χ3n) is 4.82. The first kappa shape index (κ1) is 15.6. The maximum Gasteiger partial charge on any atom is 0.269 e. The van der Waals surface area contributed by atoms with Gasteiger partial charge in [0.2, 0.25) is 0 Å². The molecule has 1 aromatic carbocycles. The molecule has 3 aliphatic rings. The number of amides is 2. The molecular weight excluding hydrogens is 330 g/mol. The molecule has 2 N–H and O–H groups in total. The van der Waals surface area contributed by atoms with E-state index >= 15 is 0 Å². The topological polar surface area (TPSA) is 101 Å². The highest BCUT2D eigenvalue weighted by atomic mass is 32.2. The molecule has 7 nitrogen and oxygen atoms in total. The number of fused-ring (bicyclic) bond motifs is 1. The first-order valence-corrected chi connectivity index (χ1v) is 9.61. The van der Waals surface area contributed by atoms with Gasteiger partial charge in [-0.05, 0) is 43.9 Å². The first-order valence-electron chi connectivity index (χ1n) is 8.17. The SMILES string of the molecule is N[C@@H]1CCCN(C(=O)c2ccc3c(c2)S(=O)(=O)N(C2CC2)C3=O)C1. The van der Waals surface area contributed by atoms with E-state index in [4.69, 9.17) is 5.73 Å². The molecule has 1 atom stereocenters. The summed E-state index contributed by atoms with van der Waals surface area (Å²) in [5.41, 5.74) is 6.36. The van der Waals surface area contributed by atoms with Crippen LogP contribution in [0.1, 0.15) is 46.4 Å². The Kier molecular flexibility index (Phi) is 3.43. The third kappa shape index (κ3) is 2.32. The summed E-state index contributed by atoms with van der Waals surface area (Å²) in [6.07, 6.45) is 3.13. The second-order valence-electron chi connectivity index (χ2n) is 6.70. The number of nitrogens with zero attached hydrogens (tertiary/aromatic N) is 2. The van der Waals surface area contributed by atoms with Crippen molar-refractivity contribution in [1.82, 2.24) is 9.21 Å². The molecule has 8 heteroatoms. The molecule has 0 bridgehead atoms. The molecule has 1 saturated carbocycles. The van der Waals surface area contributed by atoms with Gasteiger partial charge in [-0.15, -0.1) is 0 Å². The molecule has 0 radical (unpaired) electrons. The predicted octanol–water partition coefficient (Wildman–Crippen LogP) is 0.557. The van der Waals surface area contributed by atoms with Crippen LogP contribution in [-0.2, 0) is 10.0 Å². The summed E-state index contributed by atoms with van der Waals surface area (Å²) >= 11 is 0. The fraction of sp³-hybridized carbons (Fsp3) is 0.500. The molecule has 0 unspecified atom stereocenters. The van der Waals surface area contributed by atoms with Gasteiger partial charge in [0.15, 0.2) is 0 Å². The molecule has 2 heterocycles. The summed E-state index contributed by atoms with van der Waals surface area (Å²) in [7, 11) is -3.84. The van der Waals surface area contributed by atoms with Gasteiger partial charge in [0.1, 0.15) is 4.90 Å². The van der Waals surface area contributed by atoms with Crippen molar-refractivity contribution in [3.05, 3.63) is 29.3 Å². The van der Waals surface area contributed by atoms with Crippen molar-refractivity contribution in [2.75, 3.05) is 13.1 Å². The van der Waals surface area contributed by atoms with Crippen LogP contribution in [0.4, 0.5) is 0 Å². The molecule has 4 rings (SSSR count). The number of piperidine rings is 1. The number of nitrogens with two attached hydrogens (primary N) is 1. The van der Waals surface area contributed by atoms with Crippen LogP contribution < -0.4 is 5.73 Å². The first-order chi connectivity index (χ1) is 11.4. The maximum atomic E-state index is 12.6. The van der Waals surface area contributed by atoms with E-state index in [2.05, 4.69) is 0 Å². The standard InChI is InChI=1S/C16H19N3O4S/c17-11-2-1-7-18(9-11)15(20)10-3-6-13-14(8-10)24(22,23)19(16(13)21)12-4-5-12/h3,6,8,11-12H,1-2,4-5,7,9,17H2/t11-/m1/s1. The van der Waals surface area contributed by atoms with Gasteiger partial charge in [0.05, 0.1) is 5.56 Å². The zero-order valence-corrected chi connectivity index (χ0v) is 14.0. The fourth-order valence-corrected chi connectivity index (χ4v) is 5.27. The maximum absolute atomic E-state index is 12.6. The minimum Gasteiger partial charge on any atom is -0.337 e. The zero-order valence-electron chi connectivity index (χ0n) is 13.1. The molecule has 0 spiro atoms. The summed E-state index contributed by atoms with van der Waals surface area (Å²) in [6, 6.07) is 4.05. The minimum atomic E-state index is -3.84. The summed E-state index contributed by atoms with van der Waals surface area (Å²) in [6.45, 7) is 1.08. The van der Waals surface area contributed by atoms with E-state index in [1.165, 1.54) is 18.2 Å². The number of carbonyl (C=O) groups excluding carboxylic acids is 2. The fourth-order valence-electron chi connectivity index (χ4n) is 3.43. The Morgan fingerprint density at radius 1 is 1.21 bits per heavy atom. The smallest absolute Gasteiger partial charge is 0.269 e. The lowest BCUT2D eigenvalue weighted by molar-refractivity contribution is 0.0708. The lowest BCUT2D eigenvalue weighted by Gasteiger charge is -2.30. The van der Waals surface area contributed by atoms with Gasteiger partial charge in [-0.3, -0.25) is 9.59 Å². The molecule has 1 aliphatic carbocycles. The highest BCUT2D eigenvalue weighted by Crippen LogP contribution is 2.39. The van der Waals surface area contributed by atoms with Crippen LogP contribution in [0.25, 0.3) is 0 Å². The lowest BCUT2D eigenvalue weighted by Crippen LogP contribution is -2.45. The Hall–Kier alpha value is -1.93. The average molecular weight is 349 g/mol. The number of sulfonamides is 1. The Bertz CT molecular complexity index is 832. The highest BCUT2D eigenvalue weighted by Gasteiger charge is 2.48. The number of benzene rings is 1. The van der Waals surface area contributed by atoms with Gasteiger partial charge < -0.3 is 10.6 Å². The lowest BCUT2D eigenvalue weighted by atomic mass is 10.0. The van der Waals surface area contributed by atoms with Crippen LogP contribution in [0.15, 0.2) is 23.1 Å². The quantitative estimate of drug-likeness (QED) is 0.841. The molecule has 2 fully saturated rings. The van der Waals surface area contributed by atoms with E-state index in [-0.39, 0.29) is 34.0 Å². The molecule has 0 aromatic heterocycles. The van der Waals surface area contributed by atoms with Crippen LogP contribution >= 0.6 is 0 Å². The van der Waals surface area contributed by atoms with Crippen LogP contribution in [0, 0.1) is 0 Å². The molecule has 24 heavy (non-hydrogen) atoms. The largest absolute Gasteiger partial charge is 0.337 e. The predicted molar refractivity (Wildman–Crippen MR) is 85.9 cm³/mol. The van der Waals surface area contributed by atoms with E-state index in [0.29, 0.717) is 25.9 Å². The van der Waals surface area contributed by atoms with E-state index in [1.54, 1.807) is 4.90 Å². The zero-order chi connectivity index (χ0) is 17.1. The average Bonchev–Trinajstić information content (AvgIpc) is 3.35. The Balaban J connectivity index is 1.68. The van der Waals surface area contributed by atoms with Crippen molar-refractivity contribution in [2.24, 2.45) is 5.73 Å². The Morgan fingerprint density at radius 3 is 2.62 bits per heavy atom. The van der Waals surface area contributed by atoms with Gasteiger partial charge in [-0.2, -0.15) is 0 Å². The third-order valence-corrected chi connectivity index (χ3v) is 6.70. The number of hydrogen-bond acceptors (Lipinski definition) is 5. The van der Waals surface area contributed by atoms with Crippen molar-refractivity contribution in [2.45, 2.75) is 42.7 Å². The van der Waals surface area contributed by atoms with Gasteiger partial charge >= 0.3 is 0 Å². The summed E-state index contributed by atoms with van der Waals surface area (Å²) < 4.78 is 26.3. The van der Waals surface area contributed by atoms with Crippen molar-refractivity contribution in [1.29, 1.82) is 0 Å². The van der Waals surface area contributed by atoms with Crippen molar-refractivity contribution < 1.29 is 18.0 Å². The molecule has 2 aliphatic heterocycles. The summed E-state index contributed by atoms with van der Waals surface area (Å²) in [5, 5.41) is 0. The highest BCUT2D eigenvalue weighted by molar-refractivity contribution is 7.90. The van der Waals surface area contributed by atoms with Crippen molar-refractivity contribution >= 4 is 21.8 Å². The molecule has 1 aromatic rings. The molecule has 1 saturated heterocycles. The second-order valence-corrected chi connectivity index (χ2v) is 8.48. The van der Waals surface area contributed by atoms with Gasteiger partial charge in [-0.25, -0.2) is 12.7 Å². The second kappa shape index (κ2) is 5.29. The number of rotatable bonds is 2. The van der Waals surface area contributed by atoms with Crippen LogP contribution in [-0.4, -0.2) is 54.6 Å². The number of hydrogen-bond donors (Lipinski definition) is 1. The van der Waals surface area contributed by atoms with Gasteiger partial charge in [0.25, 0.3) is 21.8 Å². The van der Waals surface area contributed by atoms with E-state index < -0.39 is 15.9 Å². The molecular formula is C16H19N3O4S. The Morgan fingerprint density at radius 2 is 1.96 bits per heavy atom. The summed E-state index contributed by atoms with van der Waals surface area (Å²) in [4.78, 5) is 26.6. The summed E-state index contributed by atoms with van der Waals surface area (Å²) in [5.74, 6) is -0.716. The molecule has 128 valence electrons. The van der Waals surface area contributed by atoms with E-state index in [1.807, 2.05) is 0 Å². The normalized spacial score (nSPS) is 25.7. The van der Waals surface area contributed by atoms with E-state index in [0.717, 1.165) is 17.1 Å². The van der Waals surface area contributed by atoms with Crippen molar-refractivity contribution in [3.8, 4) is 0 Å². The van der Waals surface area contributed by atoms with Crippen LogP contribution in [0.5, 0.6) is 0 Å². The van der Waals surface area contributed by atoms with Gasteiger partial charge in [-0.1, -0.05) is 0 Å². The Labute approximate surface area is 140 Å².